The van der Waals surface area contributed by atoms with Crippen molar-refractivity contribution in [1.82, 2.24) is 4.98 Å². The Morgan fingerprint density at radius 3 is 2.92 bits per heavy atom. The number of nitrogens with zero attached hydrogens (tertiary/aromatic N) is 1. The second kappa shape index (κ2) is 4.97. The van der Waals surface area contributed by atoms with Crippen LogP contribution in [0.25, 0.3) is 6.08 Å². The van der Waals surface area contributed by atoms with Gasteiger partial charge in [0.1, 0.15) is 0 Å². The SMILES string of the molecule is C=C/C(=C\c1ncsc1CC)CC. The van der Waals surface area contributed by atoms with E-state index in [1.54, 1.807) is 11.3 Å². The number of rotatable bonds is 4. The van der Waals surface area contributed by atoms with Crippen LogP contribution in [0.3, 0.4) is 0 Å². The number of hydrogen-bond acceptors (Lipinski definition) is 2. The maximum Gasteiger partial charge on any atom is 0.0801 e. The highest BCUT2D eigenvalue weighted by Crippen LogP contribution is 2.18. The van der Waals surface area contributed by atoms with Crippen LogP contribution >= 0.6 is 11.3 Å². The molecule has 0 unspecified atom stereocenters. The lowest BCUT2D eigenvalue weighted by molar-refractivity contribution is 1.13. The minimum atomic E-state index is 1.02. The van der Waals surface area contributed by atoms with Gasteiger partial charge in [-0.1, -0.05) is 26.5 Å². The molecule has 0 amide bonds. The Labute approximate surface area is 83.8 Å². The van der Waals surface area contributed by atoms with Crippen molar-refractivity contribution in [1.29, 1.82) is 0 Å². The smallest absolute Gasteiger partial charge is 0.0801 e. The van der Waals surface area contributed by atoms with Crippen molar-refractivity contribution in [3.8, 4) is 0 Å². The summed E-state index contributed by atoms with van der Waals surface area (Å²) in [7, 11) is 0. The Hall–Kier alpha value is -0.890. The molecular formula is C11H15NS. The average Bonchev–Trinajstić information content (AvgIpc) is 2.61. The fourth-order valence-corrected chi connectivity index (χ4v) is 1.83. The summed E-state index contributed by atoms with van der Waals surface area (Å²) in [6, 6.07) is 0. The standard InChI is InChI=1S/C11H15NS/c1-4-9(5-2)7-10-11(6-3)13-8-12-10/h4,7-8H,1,5-6H2,2-3H3/b9-7+. The Morgan fingerprint density at radius 2 is 2.38 bits per heavy atom. The molecule has 0 fully saturated rings. The van der Waals surface area contributed by atoms with Crippen LogP contribution in [0.15, 0.2) is 23.7 Å². The van der Waals surface area contributed by atoms with Crippen LogP contribution < -0.4 is 0 Å². The molecule has 0 aromatic carbocycles. The normalized spacial score (nSPS) is 11.7. The van der Waals surface area contributed by atoms with E-state index in [9.17, 15) is 0 Å². The van der Waals surface area contributed by atoms with Gasteiger partial charge < -0.3 is 0 Å². The van der Waals surface area contributed by atoms with Gasteiger partial charge in [0.15, 0.2) is 0 Å². The van der Waals surface area contributed by atoms with Crippen molar-refractivity contribution in [3.05, 3.63) is 34.3 Å². The Kier molecular flexibility index (Phi) is 3.90. The Bertz CT molecular complexity index is 310. The van der Waals surface area contributed by atoms with Gasteiger partial charge >= 0.3 is 0 Å². The summed E-state index contributed by atoms with van der Waals surface area (Å²) in [5.74, 6) is 0. The lowest BCUT2D eigenvalue weighted by Gasteiger charge is -1.96. The zero-order valence-electron chi connectivity index (χ0n) is 8.21. The molecule has 0 aliphatic heterocycles. The van der Waals surface area contributed by atoms with Crippen LogP contribution in [-0.4, -0.2) is 4.98 Å². The van der Waals surface area contributed by atoms with Gasteiger partial charge in [-0.2, -0.15) is 0 Å². The van der Waals surface area contributed by atoms with Gasteiger partial charge in [0.25, 0.3) is 0 Å². The molecule has 0 N–H and O–H groups in total. The van der Waals surface area contributed by atoms with Crippen LogP contribution in [0.4, 0.5) is 0 Å². The van der Waals surface area contributed by atoms with Crippen molar-refractivity contribution in [3.63, 3.8) is 0 Å². The van der Waals surface area contributed by atoms with Crippen LogP contribution in [0.5, 0.6) is 0 Å². The van der Waals surface area contributed by atoms with E-state index in [1.807, 2.05) is 11.6 Å². The summed E-state index contributed by atoms with van der Waals surface area (Å²) >= 11 is 1.72. The van der Waals surface area contributed by atoms with Gasteiger partial charge in [0.2, 0.25) is 0 Å². The molecule has 1 aromatic heterocycles. The summed E-state index contributed by atoms with van der Waals surface area (Å²) in [5.41, 5.74) is 4.27. The van der Waals surface area contributed by atoms with Crippen molar-refractivity contribution >= 4 is 17.4 Å². The Morgan fingerprint density at radius 1 is 1.62 bits per heavy atom. The molecule has 0 bridgehead atoms. The van der Waals surface area contributed by atoms with Crippen molar-refractivity contribution < 1.29 is 0 Å². The lowest BCUT2D eigenvalue weighted by atomic mass is 10.1. The molecule has 1 heterocycles. The average molecular weight is 193 g/mol. The quantitative estimate of drug-likeness (QED) is 0.665. The van der Waals surface area contributed by atoms with Crippen molar-refractivity contribution in [2.75, 3.05) is 0 Å². The number of aromatic nitrogens is 1. The predicted molar refractivity (Wildman–Crippen MR) is 60.0 cm³/mol. The van der Waals surface area contributed by atoms with Crippen LogP contribution in [0, 0.1) is 0 Å². The number of aryl methyl sites for hydroxylation is 1. The summed E-state index contributed by atoms with van der Waals surface area (Å²) < 4.78 is 0. The molecule has 0 atom stereocenters. The molecule has 2 heteroatoms. The zero-order chi connectivity index (χ0) is 9.68. The van der Waals surface area contributed by atoms with E-state index >= 15 is 0 Å². The van der Waals surface area contributed by atoms with Gasteiger partial charge in [-0.05, 0) is 24.5 Å². The molecule has 0 spiro atoms. The molecule has 0 aliphatic rings. The minimum absolute atomic E-state index is 1.02. The second-order valence-corrected chi connectivity index (χ2v) is 3.73. The summed E-state index contributed by atoms with van der Waals surface area (Å²) in [6.07, 6.45) is 6.11. The first-order valence-corrected chi connectivity index (χ1v) is 5.45. The second-order valence-electron chi connectivity index (χ2n) is 2.79. The third-order valence-corrected chi connectivity index (χ3v) is 2.98. The highest BCUT2D eigenvalue weighted by atomic mass is 32.1. The van der Waals surface area contributed by atoms with Gasteiger partial charge in [0, 0.05) is 4.88 Å². The fraction of sp³-hybridized carbons (Fsp3) is 0.364. The largest absolute Gasteiger partial charge is 0.245 e. The van der Waals surface area contributed by atoms with Gasteiger partial charge in [-0.15, -0.1) is 11.3 Å². The highest BCUT2D eigenvalue weighted by molar-refractivity contribution is 7.09. The van der Waals surface area contributed by atoms with Crippen molar-refractivity contribution in [2.24, 2.45) is 0 Å². The monoisotopic (exact) mass is 193 g/mol. The molecule has 0 aliphatic carbocycles. The summed E-state index contributed by atoms with van der Waals surface area (Å²) in [6.45, 7) is 8.06. The number of allylic oxidation sites excluding steroid dienone is 2. The van der Waals surface area contributed by atoms with Gasteiger partial charge in [0.05, 0.1) is 11.2 Å². The van der Waals surface area contributed by atoms with E-state index in [0.717, 1.165) is 18.5 Å². The van der Waals surface area contributed by atoms with E-state index < -0.39 is 0 Å². The van der Waals surface area contributed by atoms with Crippen LogP contribution in [0.1, 0.15) is 30.8 Å². The van der Waals surface area contributed by atoms with E-state index in [1.165, 1.54) is 10.5 Å². The highest BCUT2D eigenvalue weighted by Gasteiger charge is 2.00. The summed E-state index contributed by atoms with van der Waals surface area (Å²) in [4.78, 5) is 5.67. The lowest BCUT2D eigenvalue weighted by Crippen LogP contribution is -1.82. The topological polar surface area (TPSA) is 12.9 Å². The maximum absolute atomic E-state index is 4.32. The fourth-order valence-electron chi connectivity index (χ4n) is 1.14. The molecule has 1 rings (SSSR count). The van der Waals surface area contributed by atoms with Gasteiger partial charge in [-0.3, -0.25) is 0 Å². The summed E-state index contributed by atoms with van der Waals surface area (Å²) in [5, 5.41) is 0. The van der Waals surface area contributed by atoms with Gasteiger partial charge in [-0.25, -0.2) is 4.98 Å². The van der Waals surface area contributed by atoms with E-state index in [2.05, 4.69) is 31.5 Å². The molecule has 0 saturated carbocycles. The predicted octanol–water partition coefficient (Wildman–Crippen LogP) is 3.68. The zero-order valence-corrected chi connectivity index (χ0v) is 9.03. The van der Waals surface area contributed by atoms with Crippen molar-refractivity contribution in [2.45, 2.75) is 26.7 Å². The molecule has 0 saturated heterocycles. The molecule has 13 heavy (non-hydrogen) atoms. The minimum Gasteiger partial charge on any atom is -0.245 e. The first-order valence-electron chi connectivity index (χ1n) is 4.57. The molecule has 70 valence electrons. The third-order valence-electron chi connectivity index (χ3n) is 1.99. The van der Waals surface area contributed by atoms with Crippen LogP contribution in [-0.2, 0) is 6.42 Å². The molecule has 1 aromatic rings. The Balaban J connectivity index is 2.94. The van der Waals surface area contributed by atoms with E-state index in [-0.39, 0.29) is 0 Å². The molecule has 0 radical (unpaired) electrons. The van der Waals surface area contributed by atoms with Crippen LogP contribution in [0.2, 0.25) is 0 Å². The van der Waals surface area contributed by atoms with E-state index in [0.29, 0.717) is 0 Å². The first-order chi connectivity index (χ1) is 6.31. The number of thiazole rings is 1. The molecule has 1 nitrogen and oxygen atoms in total. The number of hydrogen-bond donors (Lipinski definition) is 0. The van der Waals surface area contributed by atoms with E-state index in [4.69, 9.17) is 0 Å². The third kappa shape index (κ3) is 2.52. The maximum atomic E-state index is 4.32. The molecular weight excluding hydrogens is 178 g/mol. The first kappa shape index (κ1) is 10.2.